The number of terminal acetylenes is 1. The second kappa shape index (κ2) is 20.5. The van der Waals surface area contributed by atoms with Crippen molar-refractivity contribution < 1.29 is 29.3 Å². The fraction of sp³-hybridized carbons (Fsp3) is 0.711. The number of amides is 3. The molecule has 3 amide bonds. The Labute approximate surface area is 288 Å². The Morgan fingerprint density at radius 2 is 1.79 bits per heavy atom. The molecule has 1 saturated heterocycles. The first-order valence-corrected chi connectivity index (χ1v) is 17.9. The van der Waals surface area contributed by atoms with Crippen molar-refractivity contribution in [2.24, 2.45) is 17.8 Å². The number of carbonyl (C=O) groups excluding carboxylic acids is 3. The fourth-order valence-corrected chi connectivity index (χ4v) is 6.89. The average molecular weight is 669 g/mol. The van der Waals surface area contributed by atoms with E-state index in [4.69, 9.17) is 11.2 Å². The zero-order chi connectivity index (χ0) is 35.1. The maximum absolute atomic E-state index is 13.9. The van der Waals surface area contributed by atoms with Crippen molar-refractivity contribution in [2.75, 3.05) is 40.4 Å². The van der Waals surface area contributed by atoms with Crippen molar-refractivity contribution in [2.45, 2.75) is 115 Å². The van der Waals surface area contributed by atoms with Gasteiger partial charge in [-0.2, -0.15) is 0 Å². The van der Waals surface area contributed by atoms with Crippen LogP contribution in [0.25, 0.3) is 0 Å². The third-order valence-corrected chi connectivity index (χ3v) is 9.98. The molecule has 268 valence electrons. The highest BCUT2D eigenvalue weighted by Crippen LogP contribution is 2.29. The third kappa shape index (κ3) is 13.1. The summed E-state index contributed by atoms with van der Waals surface area (Å²) in [5.41, 5.74) is 0.904. The zero-order valence-electron chi connectivity index (χ0n) is 29.6. The van der Waals surface area contributed by atoms with Crippen molar-refractivity contribution >= 4 is 17.7 Å². The van der Waals surface area contributed by atoms with Crippen molar-refractivity contribution in [1.82, 2.24) is 20.4 Å². The van der Waals surface area contributed by atoms with E-state index in [1.54, 1.807) is 11.9 Å². The van der Waals surface area contributed by atoms with Crippen LogP contribution in [0.4, 0.5) is 0 Å². The number of likely N-dealkylation sites (N-methyl/N-ethyl adjacent to an activating group) is 1. The molecule has 4 N–H and O–H groups in total. The van der Waals surface area contributed by atoms with Gasteiger partial charge < -0.3 is 30.5 Å². The zero-order valence-corrected chi connectivity index (χ0v) is 29.6. The third-order valence-electron chi connectivity index (χ3n) is 9.98. The molecule has 1 unspecified atom stereocenters. The van der Waals surface area contributed by atoms with Gasteiger partial charge in [0.2, 0.25) is 17.7 Å². The highest BCUT2D eigenvalue weighted by molar-refractivity contribution is 5.91. The molecule has 6 atom stereocenters. The van der Waals surface area contributed by atoms with Crippen molar-refractivity contribution in [3.63, 3.8) is 0 Å². The van der Waals surface area contributed by atoms with E-state index in [2.05, 4.69) is 28.5 Å². The number of hydrogen-bond acceptors (Lipinski definition) is 7. The summed E-state index contributed by atoms with van der Waals surface area (Å²) in [5, 5.41) is 27.8. The Morgan fingerprint density at radius 3 is 2.44 bits per heavy atom. The van der Waals surface area contributed by atoms with Gasteiger partial charge in [0, 0.05) is 39.0 Å². The molecule has 1 aliphatic carbocycles. The molecule has 10 heteroatoms. The van der Waals surface area contributed by atoms with Crippen molar-refractivity contribution in [1.29, 1.82) is 0 Å². The number of benzene rings is 1. The topological polar surface area (TPSA) is 131 Å². The highest BCUT2D eigenvalue weighted by atomic mass is 16.5. The van der Waals surface area contributed by atoms with Gasteiger partial charge in [-0.15, -0.1) is 12.3 Å². The number of ether oxygens (including phenoxy) is 1. The van der Waals surface area contributed by atoms with Crippen LogP contribution in [-0.4, -0.2) is 108 Å². The van der Waals surface area contributed by atoms with Crippen LogP contribution >= 0.6 is 0 Å². The predicted molar refractivity (Wildman–Crippen MR) is 188 cm³/mol. The Morgan fingerprint density at radius 1 is 1.08 bits per heavy atom. The highest BCUT2D eigenvalue weighted by Gasteiger charge is 2.34. The molecule has 10 nitrogen and oxygen atoms in total. The second-order valence-electron chi connectivity index (χ2n) is 14.4. The molecule has 1 saturated carbocycles. The predicted octanol–water partition coefficient (Wildman–Crippen LogP) is 3.15. The van der Waals surface area contributed by atoms with Gasteiger partial charge in [0.15, 0.2) is 0 Å². The van der Waals surface area contributed by atoms with Crippen LogP contribution < -0.4 is 10.6 Å². The Hall–Kier alpha value is -2.97. The van der Waals surface area contributed by atoms with Gasteiger partial charge in [-0.05, 0) is 50.1 Å². The number of hydrogen-bond donors (Lipinski definition) is 4. The molecule has 1 aliphatic heterocycles. The monoisotopic (exact) mass is 668 g/mol. The van der Waals surface area contributed by atoms with Crippen molar-refractivity contribution in [3.8, 4) is 12.3 Å². The number of aliphatic hydroxyl groups is 2. The molecule has 1 aromatic rings. The fourth-order valence-electron chi connectivity index (χ4n) is 6.89. The van der Waals surface area contributed by atoms with Gasteiger partial charge in [0.05, 0.1) is 31.3 Å². The molecule has 3 rings (SSSR count). The summed E-state index contributed by atoms with van der Waals surface area (Å²) in [4.78, 5) is 45.0. The minimum absolute atomic E-state index is 0.0248. The number of morpholine rings is 1. The van der Waals surface area contributed by atoms with Crippen molar-refractivity contribution in [3.05, 3.63) is 35.9 Å². The first-order chi connectivity index (χ1) is 23.0. The number of aliphatic hydroxyl groups excluding tert-OH is 2. The Kier molecular flexibility index (Phi) is 16.9. The number of carbonyl (C=O) groups is 3. The van der Waals surface area contributed by atoms with Gasteiger partial charge in [-0.3, -0.25) is 19.3 Å². The molecule has 1 heterocycles. The lowest BCUT2D eigenvalue weighted by atomic mass is 9.82. The van der Waals surface area contributed by atoms with Gasteiger partial charge >= 0.3 is 0 Å². The van der Waals surface area contributed by atoms with Gasteiger partial charge in [0.1, 0.15) is 12.1 Å². The molecule has 48 heavy (non-hydrogen) atoms. The summed E-state index contributed by atoms with van der Waals surface area (Å²) >= 11 is 0. The van der Waals surface area contributed by atoms with Crippen LogP contribution in [0.2, 0.25) is 0 Å². The second-order valence-corrected chi connectivity index (χ2v) is 14.4. The number of rotatable bonds is 18. The molecular weight excluding hydrogens is 608 g/mol. The van der Waals surface area contributed by atoms with Gasteiger partial charge in [-0.25, -0.2) is 0 Å². The summed E-state index contributed by atoms with van der Waals surface area (Å²) in [7, 11) is 3.81. The van der Waals surface area contributed by atoms with E-state index in [9.17, 15) is 24.6 Å². The standard InChI is InChI=1S/C38H60N4O6/c1-6-13-32(38(47)40-33(24-29-16-11-8-12-17-29)36(45)34(43)22-27(2)3)39-37(46)30(23-28-14-9-7-10-15-28)25-35(44)42(5)19-18-31-26-48-21-20-41(31)4/h1,7,9-10,14-15,27,29-34,36,43,45H,8,11-13,16-26H2,2-5H3,(H,39,46)(H,40,47)/t30-,31?,32+,33+,34+,36-/m1/s1. The van der Waals surface area contributed by atoms with Gasteiger partial charge in [-0.1, -0.05) is 76.3 Å². The summed E-state index contributed by atoms with van der Waals surface area (Å²) in [6.45, 7) is 6.67. The average Bonchev–Trinajstić information content (AvgIpc) is 3.07. The molecule has 1 aromatic carbocycles. The summed E-state index contributed by atoms with van der Waals surface area (Å²) < 4.78 is 5.61. The van der Waals surface area contributed by atoms with E-state index in [1.807, 2.05) is 44.2 Å². The van der Waals surface area contributed by atoms with E-state index in [1.165, 1.54) is 6.42 Å². The smallest absolute Gasteiger partial charge is 0.243 e. The first-order valence-electron chi connectivity index (χ1n) is 17.9. The van der Waals surface area contributed by atoms with Crippen LogP contribution in [0, 0.1) is 30.1 Å². The van der Waals surface area contributed by atoms with Crippen LogP contribution in [0.15, 0.2) is 30.3 Å². The summed E-state index contributed by atoms with van der Waals surface area (Å²) in [6, 6.07) is 7.99. The maximum atomic E-state index is 13.9. The molecule has 0 spiro atoms. The molecule has 0 bridgehead atoms. The minimum atomic E-state index is -1.15. The van der Waals surface area contributed by atoms with Gasteiger partial charge in [0.25, 0.3) is 0 Å². The SMILES string of the molecule is C#CC[C@H](NC(=O)[C@@H](CC(=O)N(C)CCC1COCCN1C)Cc1ccccc1)C(=O)N[C@@H](CC1CCCCC1)[C@@H](O)[C@@H](O)CC(C)C. The normalized spacial score (nSPS) is 20.6. The minimum Gasteiger partial charge on any atom is -0.390 e. The lowest BCUT2D eigenvalue weighted by molar-refractivity contribution is -0.137. The van der Waals surface area contributed by atoms with Crippen LogP contribution in [0.3, 0.4) is 0 Å². The van der Waals surface area contributed by atoms with E-state index >= 15 is 0 Å². The number of nitrogens with zero attached hydrogens (tertiary/aromatic N) is 2. The lowest BCUT2D eigenvalue weighted by Crippen LogP contribution is -2.56. The van der Waals surface area contributed by atoms with E-state index in [0.717, 1.165) is 44.2 Å². The molecule has 2 aliphatic rings. The lowest BCUT2D eigenvalue weighted by Gasteiger charge is -2.34. The maximum Gasteiger partial charge on any atom is 0.243 e. The first kappa shape index (κ1) is 39.5. The summed E-state index contributed by atoms with van der Waals surface area (Å²) in [5.74, 6) is 1.19. The van der Waals surface area contributed by atoms with Crippen LogP contribution in [0.5, 0.6) is 0 Å². The Bertz CT molecular complexity index is 1170. The van der Waals surface area contributed by atoms with E-state index in [-0.39, 0.29) is 30.7 Å². The Balaban J connectivity index is 1.72. The van der Waals surface area contributed by atoms with Crippen LogP contribution in [0.1, 0.15) is 83.6 Å². The molecular formula is C38H60N4O6. The molecule has 2 fully saturated rings. The molecule has 0 radical (unpaired) electrons. The quantitative estimate of drug-likeness (QED) is 0.177. The molecule has 0 aromatic heterocycles. The van der Waals surface area contributed by atoms with E-state index in [0.29, 0.717) is 44.9 Å². The van der Waals surface area contributed by atoms with E-state index < -0.39 is 42.0 Å². The largest absolute Gasteiger partial charge is 0.390 e. The van der Waals surface area contributed by atoms with Crippen LogP contribution in [-0.2, 0) is 25.5 Å². The summed E-state index contributed by atoms with van der Waals surface area (Å²) in [6.07, 6.45) is 10.9. The number of nitrogens with one attached hydrogen (secondary N) is 2.